The number of anilines is 1. The van der Waals surface area contributed by atoms with Crippen molar-refractivity contribution in [3.8, 4) is 0 Å². The minimum atomic E-state index is -0.956. The number of benzene rings is 1. The summed E-state index contributed by atoms with van der Waals surface area (Å²) in [6.07, 6.45) is 2.23. The molecule has 80 valence electrons. The maximum Gasteiger partial charge on any atom is 0.339 e. The van der Waals surface area contributed by atoms with Crippen molar-refractivity contribution in [1.82, 2.24) is 0 Å². The molecule has 15 heavy (non-hydrogen) atoms. The lowest BCUT2D eigenvalue weighted by Gasteiger charge is -2.20. The van der Waals surface area contributed by atoms with Gasteiger partial charge in [-0.25, -0.2) is 4.79 Å². The van der Waals surface area contributed by atoms with Crippen molar-refractivity contribution < 1.29 is 9.90 Å². The minimum absolute atomic E-state index is 0.223. The summed E-state index contributed by atoms with van der Waals surface area (Å²) < 4.78 is 0. The van der Waals surface area contributed by atoms with E-state index in [2.05, 4.69) is 4.90 Å². The molecule has 0 aromatic heterocycles. The molecule has 0 radical (unpaired) electrons. The third-order valence-electron chi connectivity index (χ3n) is 2.65. The van der Waals surface area contributed by atoms with E-state index in [4.69, 9.17) is 16.7 Å². The Morgan fingerprint density at radius 3 is 2.60 bits per heavy atom. The predicted octanol–water partition coefficient (Wildman–Crippen LogP) is 2.64. The molecule has 0 unspecified atom stereocenters. The fourth-order valence-electron chi connectivity index (χ4n) is 1.95. The third kappa shape index (κ3) is 1.92. The Labute approximate surface area is 93.3 Å². The fraction of sp³-hybridized carbons (Fsp3) is 0.364. The molecule has 1 aliphatic heterocycles. The lowest BCUT2D eigenvalue weighted by atomic mass is 10.1. The number of halogens is 1. The molecule has 0 aliphatic carbocycles. The summed E-state index contributed by atoms with van der Waals surface area (Å²) in [6.45, 7) is 1.83. The number of hydrogen-bond acceptors (Lipinski definition) is 2. The van der Waals surface area contributed by atoms with Gasteiger partial charge in [0.25, 0.3) is 0 Å². The average molecular weight is 226 g/mol. The quantitative estimate of drug-likeness (QED) is 0.841. The van der Waals surface area contributed by atoms with Gasteiger partial charge in [0.2, 0.25) is 0 Å². The molecule has 0 bridgehead atoms. The lowest BCUT2D eigenvalue weighted by Crippen LogP contribution is -2.20. The van der Waals surface area contributed by atoms with Gasteiger partial charge in [0.05, 0.1) is 10.7 Å². The van der Waals surface area contributed by atoms with Gasteiger partial charge in [0.1, 0.15) is 5.56 Å². The minimum Gasteiger partial charge on any atom is -0.478 e. The number of carbonyl (C=O) groups is 1. The van der Waals surface area contributed by atoms with Crippen molar-refractivity contribution in [1.29, 1.82) is 0 Å². The van der Waals surface area contributed by atoms with E-state index in [-0.39, 0.29) is 5.56 Å². The Kier molecular flexibility index (Phi) is 2.82. The first kappa shape index (κ1) is 10.3. The first-order valence-corrected chi connectivity index (χ1v) is 5.34. The molecule has 1 heterocycles. The van der Waals surface area contributed by atoms with E-state index >= 15 is 0 Å². The maximum absolute atomic E-state index is 11.1. The molecule has 0 amide bonds. The Bertz CT molecular complexity index is 386. The molecule has 2 rings (SSSR count). The van der Waals surface area contributed by atoms with Gasteiger partial charge in [-0.05, 0) is 25.0 Å². The SMILES string of the molecule is O=C(O)c1c(Cl)cccc1N1CCCC1. The molecule has 0 spiro atoms. The Balaban J connectivity index is 2.45. The normalized spacial score (nSPS) is 15.7. The van der Waals surface area contributed by atoms with E-state index in [1.807, 2.05) is 6.07 Å². The van der Waals surface area contributed by atoms with Crippen LogP contribution in [0.3, 0.4) is 0 Å². The van der Waals surface area contributed by atoms with E-state index in [1.165, 1.54) is 0 Å². The highest BCUT2D eigenvalue weighted by molar-refractivity contribution is 6.34. The standard InChI is InChI=1S/C11H12ClNO2/c12-8-4-3-5-9(10(8)11(14)15)13-6-1-2-7-13/h3-5H,1-2,6-7H2,(H,14,15). The molecule has 1 fully saturated rings. The van der Waals surface area contributed by atoms with E-state index < -0.39 is 5.97 Å². The molecule has 1 saturated heterocycles. The van der Waals surface area contributed by atoms with Gasteiger partial charge >= 0.3 is 5.97 Å². The van der Waals surface area contributed by atoms with Crippen molar-refractivity contribution in [2.24, 2.45) is 0 Å². The number of hydrogen-bond donors (Lipinski definition) is 1. The smallest absolute Gasteiger partial charge is 0.339 e. The Morgan fingerprint density at radius 1 is 1.33 bits per heavy atom. The fourth-order valence-corrected chi connectivity index (χ4v) is 2.20. The highest BCUT2D eigenvalue weighted by Gasteiger charge is 2.21. The van der Waals surface area contributed by atoms with Crippen molar-refractivity contribution in [2.45, 2.75) is 12.8 Å². The molecule has 1 aliphatic rings. The largest absolute Gasteiger partial charge is 0.478 e. The zero-order valence-electron chi connectivity index (χ0n) is 8.24. The number of carboxylic acids is 1. The van der Waals surface area contributed by atoms with Gasteiger partial charge in [-0.2, -0.15) is 0 Å². The summed E-state index contributed by atoms with van der Waals surface area (Å²) in [6, 6.07) is 5.23. The Morgan fingerprint density at radius 2 is 2.00 bits per heavy atom. The van der Waals surface area contributed by atoms with Crippen LogP contribution >= 0.6 is 11.6 Å². The first-order chi connectivity index (χ1) is 7.20. The summed E-state index contributed by atoms with van der Waals surface area (Å²) in [4.78, 5) is 13.2. The maximum atomic E-state index is 11.1. The van der Waals surface area contributed by atoms with E-state index in [9.17, 15) is 4.79 Å². The highest BCUT2D eigenvalue weighted by atomic mass is 35.5. The van der Waals surface area contributed by atoms with Crippen LogP contribution in [0.2, 0.25) is 5.02 Å². The van der Waals surface area contributed by atoms with Crippen LogP contribution in [0.25, 0.3) is 0 Å². The van der Waals surface area contributed by atoms with Crippen LogP contribution in [0.4, 0.5) is 5.69 Å². The van der Waals surface area contributed by atoms with Crippen molar-refractivity contribution in [2.75, 3.05) is 18.0 Å². The zero-order chi connectivity index (χ0) is 10.8. The molecular formula is C11H12ClNO2. The topological polar surface area (TPSA) is 40.5 Å². The number of rotatable bonds is 2. The van der Waals surface area contributed by atoms with Gasteiger partial charge < -0.3 is 10.0 Å². The second-order valence-electron chi connectivity index (χ2n) is 3.63. The number of carboxylic acid groups (broad SMARTS) is 1. The second kappa shape index (κ2) is 4.11. The average Bonchev–Trinajstić information content (AvgIpc) is 2.69. The molecule has 4 heteroatoms. The van der Waals surface area contributed by atoms with Crippen LogP contribution < -0.4 is 4.90 Å². The van der Waals surface area contributed by atoms with Crippen LogP contribution in [0.1, 0.15) is 23.2 Å². The van der Waals surface area contributed by atoms with Crippen LogP contribution in [0, 0.1) is 0 Å². The van der Waals surface area contributed by atoms with Crippen LogP contribution in [0.15, 0.2) is 18.2 Å². The van der Waals surface area contributed by atoms with Crippen LogP contribution in [-0.4, -0.2) is 24.2 Å². The summed E-state index contributed by atoms with van der Waals surface area (Å²) in [5, 5.41) is 9.41. The van der Waals surface area contributed by atoms with Crippen molar-refractivity contribution in [3.63, 3.8) is 0 Å². The Hall–Kier alpha value is -1.22. The molecule has 1 N–H and O–H groups in total. The monoisotopic (exact) mass is 225 g/mol. The number of aromatic carboxylic acids is 1. The summed E-state index contributed by atoms with van der Waals surface area (Å²) in [5.74, 6) is -0.956. The molecule has 1 aromatic carbocycles. The van der Waals surface area contributed by atoms with E-state index in [0.29, 0.717) is 5.02 Å². The first-order valence-electron chi connectivity index (χ1n) is 4.97. The van der Waals surface area contributed by atoms with Crippen molar-refractivity contribution >= 4 is 23.3 Å². The molecular weight excluding hydrogens is 214 g/mol. The molecule has 0 saturated carbocycles. The summed E-state index contributed by atoms with van der Waals surface area (Å²) >= 11 is 5.90. The summed E-state index contributed by atoms with van der Waals surface area (Å²) in [5.41, 5.74) is 0.966. The second-order valence-corrected chi connectivity index (χ2v) is 4.04. The van der Waals surface area contributed by atoms with Gasteiger partial charge in [0, 0.05) is 13.1 Å². The van der Waals surface area contributed by atoms with Gasteiger partial charge in [-0.3, -0.25) is 0 Å². The van der Waals surface area contributed by atoms with Gasteiger partial charge in [0.15, 0.2) is 0 Å². The highest BCUT2D eigenvalue weighted by Crippen LogP contribution is 2.29. The zero-order valence-corrected chi connectivity index (χ0v) is 9.00. The van der Waals surface area contributed by atoms with Crippen LogP contribution in [-0.2, 0) is 0 Å². The van der Waals surface area contributed by atoms with Crippen LogP contribution in [0.5, 0.6) is 0 Å². The van der Waals surface area contributed by atoms with Crippen molar-refractivity contribution in [3.05, 3.63) is 28.8 Å². The predicted molar refractivity (Wildman–Crippen MR) is 59.9 cm³/mol. The van der Waals surface area contributed by atoms with Gasteiger partial charge in [-0.1, -0.05) is 17.7 Å². The van der Waals surface area contributed by atoms with E-state index in [0.717, 1.165) is 31.6 Å². The molecule has 0 atom stereocenters. The number of nitrogens with zero attached hydrogens (tertiary/aromatic N) is 1. The van der Waals surface area contributed by atoms with E-state index in [1.54, 1.807) is 12.1 Å². The third-order valence-corrected chi connectivity index (χ3v) is 2.97. The molecule has 1 aromatic rings. The van der Waals surface area contributed by atoms with Gasteiger partial charge in [-0.15, -0.1) is 0 Å². The summed E-state index contributed by atoms with van der Waals surface area (Å²) in [7, 11) is 0. The lowest BCUT2D eigenvalue weighted by molar-refractivity contribution is 0.0698. The molecule has 3 nitrogen and oxygen atoms in total.